The zero-order valence-electron chi connectivity index (χ0n) is 19.5. The maximum absolute atomic E-state index is 13.9. The summed E-state index contributed by atoms with van der Waals surface area (Å²) in [6.07, 6.45) is 0.915. The van der Waals surface area contributed by atoms with Gasteiger partial charge in [0.15, 0.2) is 0 Å². The second kappa shape index (κ2) is 7.64. The minimum atomic E-state index is -1.11. The minimum absolute atomic E-state index is 0.0594. The Labute approximate surface area is 207 Å². The molecule has 3 aliphatic heterocycles. The van der Waals surface area contributed by atoms with Crippen molar-refractivity contribution in [1.29, 1.82) is 5.26 Å². The molecule has 3 aromatic rings. The van der Waals surface area contributed by atoms with Crippen LogP contribution in [0, 0.1) is 23.2 Å². The van der Waals surface area contributed by atoms with E-state index in [4.69, 9.17) is 4.74 Å². The molecular weight excluding hydrogens is 458 g/mol. The summed E-state index contributed by atoms with van der Waals surface area (Å²) in [6.45, 7) is 1.84. The van der Waals surface area contributed by atoms with Crippen molar-refractivity contribution in [2.24, 2.45) is 11.8 Å². The number of anilines is 2. The van der Waals surface area contributed by atoms with Crippen molar-refractivity contribution in [1.82, 2.24) is 0 Å². The normalized spacial score (nSPS) is 28.4. The van der Waals surface area contributed by atoms with Gasteiger partial charge in [-0.05, 0) is 44.0 Å². The predicted molar refractivity (Wildman–Crippen MR) is 131 cm³/mol. The van der Waals surface area contributed by atoms with E-state index < -0.39 is 34.9 Å². The standard InChI is InChI=1S/C28H23N3O5/c1-27-12-13-28(36-27,14-22(33)30-19-8-4-5-9-21(19)32)24-23(27)25(34)31(26(24)35)20-11-10-16(15-29)17-6-2-3-7-18(17)20/h2-11,23-24,32H,12-14H2,1H3,(H,30,33)/t23-,24+,27-,28?/m1/s1. The third-order valence-electron chi connectivity index (χ3n) is 7.91. The number of carbonyl (C=O) groups is 3. The van der Waals surface area contributed by atoms with Crippen LogP contribution in [0.1, 0.15) is 31.7 Å². The van der Waals surface area contributed by atoms with E-state index >= 15 is 0 Å². The number of phenolic OH excluding ortho intramolecular Hbond substituents is 1. The lowest BCUT2D eigenvalue weighted by molar-refractivity contribution is -0.133. The highest BCUT2D eigenvalue weighted by atomic mass is 16.5. The molecule has 180 valence electrons. The summed E-state index contributed by atoms with van der Waals surface area (Å²) in [7, 11) is 0. The first kappa shape index (κ1) is 22.3. The highest BCUT2D eigenvalue weighted by molar-refractivity contribution is 6.26. The SMILES string of the molecule is C[C@]12CCC(CC(=O)Nc3ccccc3O)(O1)[C@@H]1C(=O)N(c3ccc(C#N)c4ccccc34)C(=O)[C@@H]12. The van der Waals surface area contributed by atoms with Gasteiger partial charge in [0.05, 0.1) is 52.5 Å². The molecule has 8 heteroatoms. The Bertz CT molecular complexity index is 1510. The van der Waals surface area contributed by atoms with Gasteiger partial charge >= 0.3 is 0 Å². The van der Waals surface area contributed by atoms with Crippen LogP contribution in [-0.2, 0) is 19.1 Å². The molecule has 0 aliphatic carbocycles. The number of carbonyl (C=O) groups excluding carboxylic acids is 3. The smallest absolute Gasteiger partial charge is 0.240 e. The second-order valence-electron chi connectivity index (χ2n) is 9.98. The number of imide groups is 1. The maximum Gasteiger partial charge on any atom is 0.240 e. The highest BCUT2D eigenvalue weighted by Crippen LogP contribution is 2.62. The lowest BCUT2D eigenvalue weighted by Gasteiger charge is -2.30. The number of nitriles is 1. The predicted octanol–water partition coefficient (Wildman–Crippen LogP) is 3.87. The Balaban J connectivity index is 1.37. The molecule has 4 atom stereocenters. The first-order chi connectivity index (χ1) is 17.3. The molecule has 0 saturated carbocycles. The third kappa shape index (κ3) is 2.99. The van der Waals surface area contributed by atoms with Crippen molar-refractivity contribution >= 4 is 39.9 Å². The highest BCUT2D eigenvalue weighted by Gasteiger charge is 2.74. The van der Waals surface area contributed by atoms with E-state index in [-0.39, 0.29) is 23.8 Å². The average molecular weight is 482 g/mol. The fraction of sp³-hybridized carbons (Fsp3) is 0.286. The van der Waals surface area contributed by atoms with Crippen LogP contribution >= 0.6 is 0 Å². The Morgan fingerprint density at radius 3 is 2.50 bits per heavy atom. The third-order valence-corrected chi connectivity index (χ3v) is 7.91. The molecule has 3 saturated heterocycles. The molecule has 3 fully saturated rings. The molecule has 3 aliphatic rings. The number of hydrogen-bond donors (Lipinski definition) is 2. The van der Waals surface area contributed by atoms with Gasteiger partial charge in [-0.15, -0.1) is 0 Å². The summed E-state index contributed by atoms with van der Waals surface area (Å²) in [5.41, 5.74) is -0.803. The molecule has 0 radical (unpaired) electrons. The number of hydrogen-bond acceptors (Lipinski definition) is 6. The van der Waals surface area contributed by atoms with Gasteiger partial charge in [0, 0.05) is 10.8 Å². The van der Waals surface area contributed by atoms with Gasteiger partial charge in [0.25, 0.3) is 0 Å². The van der Waals surface area contributed by atoms with Crippen molar-refractivity contribution in [3.8, 4) is 11.8 Å². The topological polar surface area (TPSA) is 120 Å². The molecule has 8 nitrogen and oxygen atoms in total. The molecule has 2 N–H and O–H groups in total. The number of rotatable bonds is 4. The Hall–Kier alpha value is -4.22. The number of ether oxygens (including phenoxy) is 1. The Morgan fingerprint density at radius 1 is 1.06 bits per heavy atom. The number of aromatic hydroxyl groups is 1. The molecule has 0 aromatic heterocycles. The summed E-state index contributed by atoms with van der Waals surface area (Å²) in [5, 5.41) is 23.6. The fourth-order valence-electron chi connectivity index (χ4n) is 6.37. The molecule has 3 aromatic carbocycles. The number of nitrogens with one attached hydrogen (secondary N) is 1. The average Bonchev–Trinajstić information content (AvgIpc) is 3.44. The summed E-state index contributed by atoms with van der Waals surface area (Å²) < 4.78 is 6.37. The largest absolute Gasteiger partial charge is 0.506 e. The maximum atomic E-state index is 13.9. The Kier molecular flexibility index (Phi) is 4.72. The molecule has 3 heterocycles. The number of fused-ring (bicyclic) bond motifs is 6. The van der Waals surface area contributed by atoms with Gasteiger partial charge in [-0.3, -0.25) is 14.4 Å². The van der Waals surface area contributed by atoms with E-state index in [0.29, 0.717) is 34.9 Å². The number of phenols is 1. The summed E-state index contributed by atoms with van der Waals surface area (Å²) in [6, 6.07) is 19.0. The molecule has 36 heavy (non-hydrogen) atoms. The van der Waals surface area contributed by atoms with Gasteiger partial charge in [0.2, 0.25) is 17.7 Å². The first-order valence-corrected chi connectivity index (χ1v) is 11.9. The van der Waals surface area contributed by atoms with Gasteiger partial charge in [-0.25, -0.2) is 4.90 Å². The van der Waals surface area contributed by atoms with E-state index in [1.807, 2.05) is 13.0 Å². The zero-order valence-corrected chi connectivity index (χ0v) is 19.5. The molecular formula is C28H23N3O5. The quantitative estimate of drug-likeness (QED) is 0.431. The van der Waals surface area contributed by atoms with Crippen molar-refractivity contribution < 1.29 is 24.2 Å². The van der Waals surface area contributed by atoms with E-state index in [2.05, 4.69) is 11.4 Å². The lowest BCUT2D eigenvalue weighted by Crippen LogP contribution is -2.44. The van der Waals surface area contributed by atoms with Crippen LogP contribution in [0.4, 0.5) is 11.4 Å². The first-order valence-electron chi connectivity index (χ1n) is 11.9. The van der Waals surface area contributed by atoms with E-state index in [1.54, 1.807) is 48.5 Å². The summed E-state index contributed by atoms with van der Waals surface area (Å²) in [4.78, 5) is 42.0. The van der Waals surface area contributed by atoms with Gasteiger partial charge in [-0.2, -0.15) is 5.26 Å². The van der Waals surface area contributed by atoms with E-state index in [1.165, 1.54) is 11.0 Å². The molecule has 3 amide bonds. The number of para-hydroxylation sites is 2. The molecule has 6 rings (SSSR count). The molecule has 1 unspecified atom stereocenters. The molecule has 2 bridgehead atoms. The van der Waals surface area contributed by atoms with E-state index in [0.717, 1.165) is 0 Å². The van der Waals surface area contributed by atoms with Crippen LogP contribution in [0.3, 0.4) is 0 Å². The van der Waals surface area contributed by atoms with Crippen LogP contribution in [0.5, 0.6) is 5.75 Å². The van der Waals surface area contributed by atoms with Crippen LogP contribution in [-0.4, -0.2) is 34.0 Å². The van der Waals surface area contributed by atoms with Crippen molar-refractivity contribution in [2.45, 2.75) is 37.4 Å². The van der Waals surface area contributed by atoms with Crippen molar-refractivity contribution in [3.05, 3.63) is 66.2 Å². The number of benzene rings is 3. The van der Waals surface area contributed by atoms with Crippen molar-refractivity contribution in [2.75, 3.05) is 10.2 Å². The minimum Gasteiger partial charge on any atom is -0.506 e. The van der Waals surface area contributed by atoms with E-state index in [9.17, 15) is 24.8 Å². The monoisotopic (exact) mass is 481 g/mol. The van der Waals surface area contributed by atoms with Crippen LogP contribution < -0.4 is 10.2 Å². The molecule has 0 spiro atoms. The Morgan fingerprint density at radius 2 is 1.75 bits per heavy atom. The van der Waals surface area contributed by atoms with Crippen LogP contribution in [0.25, 0.3) is 10.8 Å². The number of amides is 3. The lowest BCUT2D eigenvalue weighted by atomic mass is 9.67. The van der Waals surface area contributed by atoms with Crippen LogP contribution in [0.15, 0.2) is 60.7 Å². The fourth-order valence-corrected chi connectivity index (χ4v) is 6.37. The van der Waals surface area contributed by atoms with Gasteiger partial charge in [-0.1, -0.05) is 36.4 Å². The van der Waals surface area contributed by atoms with Gasteiger partial charge in [0.1, 0.15) is 5.75 Å². The second-order valence-corrected chi connectivity index (χ2v) is 9.98. The van der Waals surface area contributed by atoms with Gasteiger partial charge < -0.3 is 15.2 Å². The number of nitrogens with zero attached hydrogens (tertiary/aromatic N) is 2. The summed E-state index contributed by atoms with van der Waals surface area (Å²) >= 11 is 0. The van der Waals surface area contributed by atoms with Crippen molar-refractivity contribution in [3.63, 3.8) is 0 Å². The zero-order chi connectivity index (χ0) is 25.2. The van der Waals surface area contributed by atoms with Crippen LogP contribution in [0.2, 0.25) is 0 Å². The summed E-state index contributed by atoms with van der Waals surface area (Å²) in [5.74, 6) is -2.69.